The van der Waals surface area contributed by atoms with E-state index in [0.717, 1.165) is 20.8 Å². The smallest absolute Gasteiger partial charge is 0.218 e. The van der Waals surface area contributed by atoms with Crippen molar-refractivity contribution >= 4 is 34.3 Å². The van der Waals surface area contributed by atoms with Gasteiger partial charge in [0.2, 0.25) is 5.28 Å². The zero-order chi connectivity index (χ0) is 13.2. The molecule has 19 heavy (non-hydrogen) atoms. The molecule has 0 aliphatic heterocycles. The molecule has 0 radical (unpaired) electrons. The first-order valence-electron chi connectivity index (χ1n) is 5.89. The van der Waals surface area contributed by atoms with Crippen molar-refractivity contribution in [1.29, 1.82) is 0 Å². The summed E-state index contributed by atoms with van der Waals surface area (Å²) in [6, 6.07) is 16.3. The van der Waals surface area contributed by atoms with E-state index in [4.69, 9.17) is 11.6 Å². The Hall–Kier alpha value is -1.58. The second-order valence-electron chi connectivity index (χ2n) is 4.23. The molecule has 94 valence electrons. The summed E-state index contributed by atoms with van der Waals surface area (Å²) < 4.78 is 0. The second-order valence-corrected chi connectivity index (χ2v) is 5.63. The fourth-order valence-corrected chi connectivity index (χ4v) is 2.95. The number of benzene rings is 2. The van der Waals surface area contributed by atoms with E-state index in [-0.39, 0.29) is 5.28 Å². The van der Waals surface area contributed by atoms with Crippen molar-refractivity contribution in [2.24, 2.45) is 0 Å². The molecular formula is C15H11ClN2S. The number of nitrogens with zero attached hydrogens (tertiary/aromatic N) is 2. The molecule has 2 aromatic carbocycles. The van der Waals surface area contributed by atoms with Crippen LogP contribution in [0.15, 0.2) is 58.5 Å². The van der Waals surface area contributed by atoms with Gasteiger partial charge in [0.05, 0.1) is 5.52 Å². The van der Waals surface area contributed by atoms with Crippen LogP contribution in [0.5, 0.6) is 0 Å². The number of rotatable bonds is 2. The summed E-state index contributed by atoms with van der Waals surface area (Å²) in [5.41, 5.74) is 2.12. The first kappa shape index (κ1) is 12.5. The molecule has 0 N–H and O–H groups in total. The van der Waals surface area contributed by atoms with Crippen LogP contribution in [0.25, 0.3) is 10.9 Å². The van der Waals surface area contributed by atoms with Crippen LogP contribution in [-0.4, -0.2) is 9.97 Å². The topological polar surface area (TPSA) is 25.8 Å². The lowest BCUT2D eigenvalue weighted by Gasteiger charge is -2.05. The highest BCUT2D eigenvalue weighted by Crippen LogP contribution is 2.32. The standard InChI is InChI=1S/C15H11ClN2S/c1-10-6-8-11(9-7-10)19-14-12-4-2-3-5-13(12)17-15(16)18-14/h2-9H,1H3. The molecule has 0 saturated heterocycles. The van der Waals surface area contributed by atoms with Crippen LogP contribution < -0.4 is 0 Å². The minimum absolute atomic E-state index is 0.285. The first-order valence-corrected chi connectivity index (χ1v) is 7.08. The molecule has 2 nitrogen and oxygen atoms in total. The lowest BCUT2D eigenvalue weighted by atomic mass is 10.2. The Morgan fingerprint density at radius 2 is 1.68 bits per heavy atom. The van der Waals surface area contributed by atoms with Crippen LogP contribution in [0.3, 0.4) is 0 Å². The second kappa shape index (κ2) is 5.19. The molecule has 0 bridgehead atoms. The lowest BCUT2D eigenvalue weighted by Crippen LogP contribution is -1.89. The molecule has 3 aromatic rings. The van der Waals surface area contributed by atoms with Crippen LogP contribution in [0, 0.1) is 6.92 Å². The molecule has 0 saturated carbocycles. The third-order valence-electron chi connectivity index (χ3n) is 2.78. The third-order valence-corrected chi connectivity index (χ3v) is 3.96. The largest absolute Gasteiger partial charge is 0.224 e. The van der Waals surface area contributed by atoms with Gasteiger partial charge in [-0.3, -0.25) is 0 Å². The number of aryl methyl sites for hydroxylation is 1. The van der Waals surface area contributed by atoms with Crippen LogP contribution in [0.4, 0.5) is 0 Å². The molecule has 0 aliphatic carbocycles. The molecule has 0 atom stereocenters. The monoisotopic (exact) mass is 286 g/mol. The average Bonchev–Trinajstić information content (AvgIpc) is 2.41. The van der Waals surface area contributed by atoms with Gasteiger partial charge in [0.25, 0.3) is 0 Å². The highest BCUT2D eigenvalue weighted by molar-refractivity contribution is 7.99. The predicted molar refractivity (Wildman–Crippen MR) is 79.9 cm³/mol. The number of halogens is 1. The summed E-state index contributed by atoms with van der Waals surface area (Å²) in [7, 11) is 0. The molecule has 1 heterocycles. The third kappa shape index (κ3) is 2.72. The molecule has 0 aliphatic rings. The van der Waals surface area contributed by atoms with Gasteiger partial charge in [-0.25, -0.2) is 9.97 Å². The van der Waals surface area contributed by atoms with Crippen molar-refractivity contribution in [2.45, 2.75) is 16.8 Å². The Kier molecular flexibility index (Phi) is 3.40. The summed E-state index contributed by atoms with van der Waals surface area (Å²) in [5, 5.41) is 2.20. The van der Waals surface area contributed by atoms with Gasteiger partial charge in [-0.05, 0) is 36.7 Å². The molecule has 0 spiro atoms. The number of fused-ring (bicyclic) bond motifs is 1. The van der Waals surface area contributed by atoms with E-state index in [1.165, 1.54) is 5.56 Å². The fraction of sp³-hybridized carbons (Fsp3) is 0.0667. The Balaban J connectivity index is 2.07. The van der Waals surface area contributed by atoms with Crippen LogP contribution >= 0.6 is 23.4 Å². The van der Waals surface area contributed by atoms with E-state index < -0.39 is 0 Å². The lowest BCUT2D eigenvalue weighted by molar-refractivity contribution is 1.10. The van der Waals surface area contributed by atoms with Crippen molar-refractivity contribution < 1.29 is 0 Å². The van der Waals surface area contributed by atoms with E-state index in [2.05, 4.69) is 41.2 Å². The Morgan fingerprint density at radius 1 is 0.947 bits per heavy atom. The van der Waals surface area contributed by atoms with Gasteiger partial charge in [0.15, 0.2) is 0 Å². The van der Waals surface area contributed by atoms with Gasteiger partial charge < -0.3 is 0 Å². The molecule has 4 heteroatoms. The molecule has 0 unspecified atom stereocenters. The quantitative estimate of drug-likeness (QED) is 0.502. The number of hydrogen-bond donors (Lipinski definition) is 0. The summed E-state index contributed by atoms with van der Waals surface area (Å²) in [5.74, 6) is 0. The molecule has 0 fully saturated rings. The van der Waals surface area contributed by atoms with Crippen molar-refractivity contribution in [1.82, 2.24) is 9.97 Å². The van der Waals surface area contributed by atoms with Crippen LogP contribution in [0.1, 0.15) is 5.56 Å². The maximum atomic E-state index is 5.98. The highest BCUT2D eigenvalue weighted by Gasteiger charge is 2.07. The van der Waals surface area contributed by atoms with Crippen molar-refractivity contribution in [3.63, 3.8) is 0 Å². The van der Waals surface area contributed by atoms with Gasteiger partial charge in [0.1, 0.15) is 5.03 Å². The van der Waals surface area contributed by atoms with E-state index in [1.54, 1.807) is 11.8 Å². The number of hydrogen-bond acceptors (Lipinski definition) is 3. The molecule has 3 rings (SSSR count). The molecule has 1 aromatic heterocycles. The first-order chi connectivity index (χ1) is 9.22. The summed E-state index contributed by atoms with van der Waals surface area (Å²) >= 11 is 7.58. The molecular weight excluding hydrogens is 276 g/mol. The normalized spacial score (nSPS) is 10.8. The van der Waals surface area contributed by atoms with Crippen molar-refractivity contribution in [2.75, 3.05) is 0 Å². The van der Waals surface area contributed by atoms with Crippen LogP contribution in [0.2, 0.25) is 5.28 Å². The van der Waals surface area contributed by atoms with Gasteiger partial charge in [-0.15, -0.1) is 0 Å². The van der Waals surface area contributed by atoms with Gasteiger partial charge in [-0.2, -0.15) is 0 Å². The maximum Gasteiger partial charge on any atom is 0.224 e. The van der Waals surface area contributed by atoms with E-state index >= 15 is 0 Å². The Morgan fingerprint density at radius 3 is 2.47 bits per heavy atom. The van der Waals surface area contributed by atoms with Gasteiger partial charge in [0, 0.05) is 10.3 Å². The van der Waals surface area contributed by atoms with Gasteiger partial charge in [-0.1, -0.05) is 47.7 Å². The predicted octanol–water partition coefficient (Wildman–Crippen LogP) is 4.74. The molecule has 0 amide bonds. The van der Waals surface area contributed by atoms with Crippen molar-refractivity contribution in [3.8, 4) is 0 Å². The maximum absolute atomic E-state index is 5.98. The average molecular weight is 287 g/mol. The number of para-hydroxylation sites is 1. The zero-order valence-electron chi connectivity index (χ0n) is 10.3. The fourth-order valence-electron chi connectivity index (χ4n) is 1.82. The minimum Gasteiger partial charge on any atom is -0.218 e. The summed E-state index contributed by atoms with van der Waals surface area (Å²) in [6.45, 7) is 2.07. The summed E-state index contributed by atoms with van der Waals surface area (Å²) in [6.07, 6.45) is 0. The zero-order valence-corrected chi connectivity index (χ0v) is 11.9. The van der Waals surface area contributed by atoms with Gasteiger partial charge >= 0.3 is 0 Å². The van der Waals surface area contributed by atoms with Crippen LogP contribution in [-0.2, 0) is 0 Å². The highest BCUT2D eigenvalue weighted by atomic mass is 35.5. The Labute approximate surface area is 120 Å². The van der Waals surface area contributed by atoms with E-state index in [1.807, 2.05) is 24.3 Å². The number of aromatic nitrogens is 2. The van der Waals surface area contributed by atoms with E-state index in [9.17, 15) is 0 Å². The SMILES string of the molecule is Cc1ccc(Sc2nc(Cl)nc3ccccc23)cc1. The minimum atomic E-state index is 0.285. The van der Waals surface area contributed by atoms with E-state index in [0.29, 0.717) is 0 Å². The Bertz CT molecular complexity index is 726. The van der Waals surface area contributed by atoms with Crippen molar-refractivity contribution in [3.05, 3.63) is 59.4 Å². The summed E-state index contributed by atoms with van der Waals surface area (Å²) in [4.78, 5) is 9.71.